The summed E-state index contributed by atoms with van der Waals surface area (Å²) in [7, 11) is 0. The predicted molar refractivity (Wildman–Crippen MR) is 107 cm³/mol. The summed E-state index contributed by atoms with van der Waals surface area (Å²) >= 11 is 0. The number of carboxylic acids is 1. The van der Waals surface area contributed by atoms with Crippen molar-refractivity contribution in [3.05, 3.63) is 24.3 Å². The number of carbonyl (C=O) groups is 2. The van der Waals surface area contributed by atoms with E-state index in [4.69, 9.17) is 9.84 Å². The highest BCUT2D eigenvalue weighted by atomic mass is 16.5. The van der Waals surface area contributed by atoms with Crippen LogP contribution in [0.25, 0.3) is 0 Å². The van der Waals surface area contributed by atoms with Gasteiger partial charge in [0, 0.05) is 16.6 Å². The summed E-state index contributed by atoms with van der Waals surface area (Å²) in [6.07, 6.45) is 9.62. The van der Waals surface area contributed by atoms with E-state index < -0.39 is 5.97 Å². The Morgan fingerprint density at radius 2 is 1.59 bits per heavy atom. The Hall–Kier alpha value is -1.58. The average molecular weight is 377 g/mol. The monoisotopic (exact) mass is 376 g/mol. The quantitative estimate of drug-likeness (QED) is 0.518. The van der Waals surface area contributed by atoms with Gasteiger partial charge in [0.1, 0.15) is 6.10 Å². The van der Waals surface area contributed by atoms with Crippen LogP contribution in [0.5, 0.6) is 0 Å². The second-order valence-corrected chi connectivity index (χ2v) is 9.45. The molecule has 0 aromatic rings. The molecule has 0 aliphatic heterocycles. The molecule has 0 radical (unpaired) electrons. The largest absolute Gasteiger partial charge is 0.478 e. The van der Waals surface area contributed by atoms with Gasteiger partial charge in [-0.25, -0.2) is 9.59 Å². The normalized spacial score (nSPS) is 31.6. The number of rotatable bonds is 4. The molecule has 3 fully saturated rings. The second kappa shape index (κ2) is 8.20. The van der Waals surface area contributed by atoms with Crippen molar-refractivity contribution in [3.8, 4) is 0 Å². The Balaban J connectivity index is 0.000000380. The maximum Gasteiger partial charge on any atom is 0.333 e. The molecule has 3 aliphatic rings. The number of hydrogen-bond acceptors (Lipinski definition) is 3. The molecule has 152 valence electrons. The van der Waals surface area contributed by atoms with Crippen molar-refractivity contribution in [3.63, 3.8) is 0 Å². The fraction of sp³-hybridized carbons (Fsp3) is 0.739. The van der Waals surface area contributed by atoms with Crippen molar-refractivity contribution < 1.29 is 19.4 Å². The first-order valence-corrected chi connectivity index (χ1v) is 10.3. The fourth-order valence-corrected chi connectivity index (χ4v) is 5.13. The van der Waals surface area contributed by atoms with Crippen molar-refractivity contribution in [1.29, 1.82) is 0 Å². The van der Waals surface area contributed by atoms with Gasteiger partial charge in [-0.3, -0.25) is 0 Å². The zero-order chi connectivity index (χ0) is 20.4. The molecule has 1 N–H and O–H groups in total. The van der Waals surface area contributed by atoms with Crippen molar-refractivity contribution in [2.45, 2.75) is 85.2 Å². The third-order valence-corrected chi connectivity index (χ3v) is 7.69. The van der Waals surface area contributed by atoms with Gasteiger partial charge in [0.15, 0.2) is 0 Å². The van der Waals surface area contributed by atoms with E-state index in [1.54, 1.807) is 0 Å². The Morgan fingerprint density at radius 3 is 2.00 bits per heavy atom. The van der Waals surface area contributed by atoms with Crippen LogP contribution in [-0.4, -0.2) is 23.1 Å². The van der Waals surface area contributed by atoms with E-state index in [2.05, 4.69) is 33.9 Å². The molecule has 1 unspecified atom stereocenters. The van der Waals surface area contributed by atoms with Gasteiger partial charge in [0.25, 0.3) is 0 Å². The van der Waals surface area contributed by atoms with Gasteiger partial charge >= 0.3 is 11.9 Å². The highest BCUT2D eigenvalue weighted by Gasteiger charge is 2.62. The van der Waals surface area contributed by atoms with Crippen LogP contribution in [0.4, 0.5) is 0 Å². The van der Waals surface area contributed by atoms with Gasteiger partial charge in [0.2, 0.25) is 0 Å². The van der Waals surface area contributed by atoms with Crippen molar-refractivity contribution >= 4 is 11.9 Å². The van der Waals surface area contributed by atoms with E-state index >= 15 is 0 Å². The summed E-state index contributed by atoms with van der Waals surface area (Å²) in [6.45, 7) is 15.7. The second-order valence-electron chi connectivity index (χ2n) is 9.45. The summed E-state index contributed by atoms with van der Waals surface area (Å²) in [6, 6.07) is 0. The van der Waals surface area contributed by atoms with Crippen LogP contribution in [0.15, 0.2) is 24.3 Å². The molecule has 2 bridgehead atoms. The summed E-state index contributed by atoms with van der Waals surface area (Å²) in [5.74, 6) is 0.0281. The molecule has 3 aliphatic carbocycles. The topological polar surface area (TPSA) is 63.6 Å². The molecule has 0 aromatic heterocycles. The molecule has 0 heterocycles. The van der Waals surface area contributed by atoms with Crippen LogP contribution >= 0.6 is 0 Å². The van der Waals surface area contributed by atoms with Crippen LogP contribution in [0, 0.1) is 22.7 Å². The van der Waals surface area contributed by atoms with E-state index in [0.29, 0.717) is 17.3 Å². The van der Waals surface area contributed by atoms with Crippen molar-refractivity contribution in [2.24, 2.45) is 22.7 Å². The first-order valence-electron chi connectivity index (χ1n) is 10.3. The van der Waals surface area contributed by atoms with Crippen LogP contribution < -0.4 is 0 Å². The molecule has 3 rings (SSSR count). The van der Waals surface area contributed by atoms with Gasteiger partial charge < -0.3 is 9.84 Å². The molecule has 0 amide bonds. The zero-order valence-electron chi connectivity index (χ0n) is 17.5. The summed E-state index contributed by atoms with van der Waals surface area (Å²) in [4.78, 5) is 22.1. The maximum absolute atomic E-state index is 12.5. The van der Waals surface area contributed by atoms with Crippen molar-refractivity contribution in [1.82, 2.24) is 0 Å². The lowest BCUT2D eigenvalue weighted by molar-refractivity contribution is -0.152. The highest BCUT2D eigenvalue weighted by Crippen LogP contribution is 2.66. The van der Waals surface area contributed by atoms with E-state index in [0.717, 1.165) is 24.8 Å². The van der Waals surface area contributed by atoms with Crippen LogP contribution in [0.3, 0.4) is 0 Å². The molecular formula is C23H36O4. The minimum atomic E-state index is -0.935. The minimum Gasteiger partial charge on any atom is -0.478 e. The Labute approximate surface area is 164 Å². The smallest absolute Gasteiger partial charge is 0.333 e. The van der Waals surface area contributed by atoms with Crippen LogP contribution in [0.1, 0.15) is 79.1 Å². The summed E-state index contributed by atoms with van der Waals surface area (Å²) in [5.41, 5.74) is 1.36. The molecule has 0 spiro atoms. The molecule has 3 atom stereocenters. The van der Waals surface area contributed by atoms with Crippen molar-refractivity contribution in [2.75, 3.05) is 0 Å². The van der Waals surface area contributed by atoms with Gasteiger partial charge in [0.05, 0.1) is 0 Å². The first-order chi connectivity index (χ1) is 12.5. The molecule has 0 aromatic carbocycles. The molecule has 0 saturated heterocycles. The Bertz CT molecular complexity index is 600. The maximum atomic E-state index is 12.5. The summed E-state index contributed by atoms with van der Waals surface area (Å²) < 4.78 is 5.96. The number of fused-ring (bicyclic) bond motifs is 2. The predicted octanol–water partition coefficient (Wildman–Crippen LogP) is 5.53. The third-order valence-electron chi connectivity index (χ3n) is 7.69. The molecule has 4 nitrogen and oxygen atoms in total. The lowest BCUT2D eigenvalue weighted by Gasteiger charge is -2.38. The van der Waals surface area contributed by atoms with Crippen LogP contribution in [0.2, 0.25) is 0 Å². The Morgan fingerprint density at radius 1 is 1.04 bits per heavy atom. The number of esters is 1. The molecule has 3 saturated carbocycles. The highest BCUT2D eigenvalue weighted by molar-refractivity contribution is 5.88. The van der Waals surface area contributed by atoms with E-state index in [1.807, 2.05) is 0 Å². The fourth-order valence-electron chi connectivity index (χ4n) is 5.13. The SMILES string of the molecule is C=C(C(=O)OC1C[C@H]2CC[C@@]1(C)C2(C)C)C1CCCCC1.C=C(C)C(=O)O. The van der Waals surface area contributed by atoms with E-state index in [-0.39, 0.29) is 23.1 Å². The number of ether oxygens (including phenoxy) is 1. The summed E-state index contributed by atoms with van der Waals surface area (Å²) in [5, 5.41) is 7.89. The van der Waals surface area contributed by atoms with Crippen LogP contribution in [-0.2, 0) is 14.3 Å². The Kier molecular flexibility index (Phi) is 6.59. The minimum absolute atomic E-state index is 0.0964. The third kappa shape index (κ3) is 4.30. The lowest BCUT2D eigenvalue weighted by atomic mass is 9.70. The van der Waals surface area contributed by atoms with E-state index in [1.165, 1.54) is 39.0 Å². The van der Waals surface area contributed by atoms with E-state index in [9.17, 15) is 9.59 Å². The van der Waals surface area contributed by atoms with Gasteiger partial charge in [-0.05, 0) is 56.3 Å². The first kappa shape index (κ1) is 21.7. The van der Waals surface area contributed by atoms with Gasteiger partial charge in [-0.2, -0.15) is 0 Å². The van der Waals surface area contributed by atoms with Gasteiger partial charge in [-0.15, -0.1) is 0 Å². The molecular weight excluding hydrogens is 340 g/mol. The molecule has 4 heteroatoms. The standard InChI is InChI=1S/C19H30O2.C4H6O2/c1-13(14-8-6-5-7-9-14)17(20)21-16-12-15-10-11-19(16,4)18(15,2)3;1-3(2)4(5)6/h14-16H,1,5-12H2,2-4H3;1H2,2H3,(H,5,6)/t15-,16?,19-;/m1./s1. The van der Waals surface area contributed by atoms with Gasteiger partial charge in [-0.1, -0.05) is 53.2 Å². The number of aliphatic carboxylic acids is 1. The number of carbonyl (C=O) groups excluding carboxylic acids is 1. The molecule has 27 heavy (non-hydrogen) atoms. The zero-order valence-corrected chi connectivity index (χ0v) is 17.5. The average Bonchev–Trinajstić information content (AvgIpc) is 2.95. The number of carboxylic acid groups (broad SMARTS) is 1. The number of hydrogen-bond donors (Lipinski definition) is 1. The lowest BCUT2D eigenvalue weighted by Crippen LogP contribution is -2.38.